The van der Waals surface area contributed by atoms with Crippen LogP contribution in [0.2, 0.25) is 10.0 Å². The number of aromatic nitrogens is 2. The SMILES string of the molecule is Cc1c(Cl)cc(-c2cc(C(F)(F)F)nn2-c2ccc(N)cc2)cc1Cl. The van der Waals surface area contributed by atoms with Crippen molar-refractivity contribution in [3.63, 3.8) is 0 Å². The average molecular weight is 386 g/mol. The minimum Gasteiger partial charge on any atom is -0.399 e. The summed E-state index contributed by atoms with van der Waals surface area (Å²) in [4.78, 5) is 0. The maximum absolute atomic E-state index is 13.2. The summed E-state index contributed by atoms with van der Waals surface area (Å²) in [5, 5.41) is 4.43. The van der Waals surface area contributed by atoms with Crippen LogP contribution < -0.4 is 5.73 Å². The highest BCUT2D eigenvalue weighted by molar-refractivity contribution is 6.36. The molecule has 0 radical (unpaired) electrons. The Morgan fingerprint density at radius 3 is 2.08 bits per heavy atom. The number of halogens is 5. The molecule has 130 valence electrons. The molecule has 3 rings (SSSR count). The summed E-state index contributed by atoms with van der Waals surface area (Å²) >= 11 is 12.3. The molecule has 3 aromatic rings. The molecule has 2 N–H and O–H groups in total. The molecule has 1 heterocycles. The summed E-state index contributed by atoms with van der Waals surface area (Å²) in [6.07, 6.45) is -4.58. The molecular weight excluding hydrogens is 374 g/mol. The van der Waals surface area contributed by atoms with Gasteiger partial charge in [-0.3, -0.25) is 0 Å². The molecule has 0 saturated carbocycles. The van der Waals surface area contributed by atoms with E-state index in [2.05, 4.69) is 5.10 Å². The Hall–Kier alpha value is -2.18. The lowest BCUT2D eigenvalue weighted by Crippen LogP contribution is -2.07. The number of hydrogen-bond acceptors (Lipinski definition) is 2. The molecule has 1 aromatic heterocycles. The normalized spacial score (nSPS) is 11.8. The van der Waals surface area contributed by atoms with Crippen molar-refractivity contribution in [2.45, 2.75) is 13.1 Å². The number of nitrogens with zero attached hydrogens (tertiary/aromatic N) is 2. The number of benzene rings is 2. The summed E-state index contributed by atoms with van der Waals surface area (Å²) in [6.45, 7) is 1.73. The van der Waals surface area contributed by atoms with Gasteiger partial charge in [0, 0.05) is 21.3 Å². The molecule has 0 amide bonds. The Kier molecular flexibility index (Phi) is 4.43. The van der Waals surface area contributed by atoms with E-state index in [1.807, 2.05) is 0 Å². The molecule has 0 aliphatic rings. The summed E-state index contributed by atoms with van der Waals surface area (Å²) in [6, 6.07) is 10.4. The van der Waals surface area contributed by atoms with Crippen molar-refractivity contribution in [2.24, 2.45) is 0 Å². The molecule has 0 spiro atoms. The fourth-order valence-corrected chi connectivity index (χ4v) is 2.82. The van der Waals surface area contributed by atoms with Crippen molar-refractivity contribution in [1.82, 2.24) is 9.78 Å². The van der Waals surface area contributed by atoms with Crippen molar-refractivity contribution in [2.75, 3.05) is 5.73 Å². The van der Waals surface area contributed by atoms with Crippen molar-refractivity contribution >= 4 is 28.9 Å². The molecule has 8 heteroatoms. The van der Waals surface area contributed by atoms with Gasteiger partial charge in [0.2, 0.25) is 0 Å². The largest absolute Gasteiger partial charge is 0.435 e. The van der Waals surface area contributed by atoms with Gasteiger partial charge in [0.05, 0.1) is 11.4 Å². The smallest absolute Gasteiger partial charge is 0.399 e. The van der Waals surface area contributed by atoms with Gasteiger partial charge in [-0.2, -0.15) is 18.3 Å². The molecule has 0 fully saturated rings. The van der Waals surface area contributed by atoms with Gasteiger partial charge in [-0.15, -0.1) is 0 Å². The second kappa shape index (κ2) is 6.28. The lowest BCUT2D eigenvalue weighted by molar-refractivity contribution is -0.141. The van der Waals surface area contributed by atoms with Gasteiger partial charge < -0.3 is 5.73 Å². The third-order valence-corrected chi connectivity index (χ3v) is 4.50. The molecule has 0 aliphatic carbocycles. The molecule has 3 nitrogen and oxygen atoms in total. The quantitative estimate of drug-likeness (QED) is 0.570. The lowest BCUT2D eigenvalue weighted by Gasteiger charge is -2.10. The van der Waals surface area contributed by atoms with Crippen molar-refractivity contribution < 1.29 is 13.2 Å². The van der Waals surface area contributed by atoms with Crippen LogP contribution in [0, 0.1) is 6.92 Å². The van der Waals surface area contributed by atoms with E-state index >= 15 is 0 Å². The van der Waals surface area contributed by atoms with Crippen molar-refractivity contribution in [3.05, 3.63) is 63.8 Å². The first-order valence-electron chi connectivity index (χ1n) is 7.16. The van der Waals surface area contributed by atoms with Crippen LogP contribution in [-0.4, -0.2) is 9.78 Å². The Balaban J connectivity index is 2.24. The molecule has 2 aromatic carbocycles. The number of nitrogen functional groups attached to an aromatic ring is 1. The van der Waals surface area contributed by atoms with Crippen LogP contribution in [0.5, 0.6) is 0 Å². The first-order valence-corrected chi connectivity index (χ1v) is 7.91. The topological polar surface area (TPSA) is 43.8 Å². The van der Waals surface area contributed by atoms with E-state index in [0.717, 1.165) is 6.07 Å². The molecule has 0 bridgehead atoms. The van der Waals surface area contributed by atoms with E-state index in [1.165, 1.54) is 4.68 Å². The van der Waals surface area contributed by atoms with Crippen molar-refractivity contribution in [3.8, 4) is 16.9 Å². The lowest BCUT2D eigenvalue weighted by atomic mass is 10.1. The minimum absolute atomic E-state index is 0.223. The maximum atomic E-state index is 13.2. The molecule has 0 saturated heterocycles. The van der Waals surface area contributed by atoms with E-state index in [4.69, 9.17) is 28.9 Å². The number of nitrogens with two attached hydrogens (primary N) is 1. The predicted molar refractivity (Wildman–Crippen MR) is 93.2 cm³/mol. The summed E-state index contributed by atoms with van der Waals surface area (Å²) in [7, 11) is 0. The van der Waals surface area contributed by atoms with Crippen LogP contribution >= 0.6 is 23.2 Å². The number of alkyl halides is 3. The van der Waals surface area contributed by atoms with E-state index < -0.39 is 11.9 Å². The van der Waals surface area contributed by atoms with Gasteiger partial charge in [-0.05, 0) is 55.0 Å². The van der Waals surface area contributed by atoms with E-state index in [1.54, 1.807) is 43.3 Å². The van der Waals surface area contributed by atoms with Gasteiger partial charge in [0.1, 0.15) is 0 Å². The summed E-state index contributed by atoms with van der Waals surface area (Å²) in [5.41, 5.74) is 6.87. The fraction of sp³-hybridized carbons (Fsp3) is 0.118. The highest BCUT2D eigenvalue weighted by atomic mass is 35.5. The van der Waals surface area contributed by atoms with Gasteiger partial charge >= 0.3 is 6.18 Å². The molecule has 0 aliphatic heterocycles. The third kappa shape index (κ3) is 3.45. The first-order chi connectivity index (χ1) is 11.7. The number of hydrogen-bond donors (Lipinski definition) is 1. The van der Waals surface area contributed by atoms with E-state index in [9.17, 15) is 13.2 Å². The Labute approximate surface area is 151 Å². The molecular formula is C17H12Cl2F3N3. The van der Waals surface area contributed by atoms with Crippen LogP contribution in [0.25, 0.3) is 16.9 Å². The van der Waals surface area contributed by atoms with Crippen LogP contribution in [0.4, 0.5) is 18.9 Å². The number of anilines is 1. The Morgan fingerprint density at radius 2 is 1.56 bits per heavy atom. The van der Waals surface area contributed by atoms with Gasteiger partial charge in [0.15, 0.2) is 5.69 Å². The molecule has 0 unspecified atom stereocenters. The zero-order valence-electron chi connectivity index (χ0n) is 12.9. The second-order valence-corrected chi connectivity index (χ2v) is 6.30. The highest BCUT2D eigenvalue weighted by Gasteiger charge is 2.35. The van der Waals surface area contributed by atoms with Crippen LogP contribution in [0.15, 0.2) is 42.5 Å². The maximum Gasteiger partial charge on any atom is 0.435 e. The zero-order chi connectivity index (χ0) is 18.4. The summed E-state index contributed by atoms with van der Waals surface area (Å²) in [5.74, 6) is 0. The molecule has 25 heavy (non-hydrogen) atoms. The zero-order valence-corrected chi connectivity index (χ0v) is 14.4. The van der Waals surface area contributed by atoms with Gasteiger partial charge in [-0.25, -0.2) is 4.68 Å². The Bertz CT molecular complexity index is 908. The third-order valence-electron chi connectivity index (χ3n) is 3.71. The Morgan fingerprint density at radius 1 is 1.00 bits per heavy atom. The monoisotopic (exact) mass is 385 g/mol. The van der Waals surface area contributed by atoms with Crippen LogP contribution in [0.1, 0.15) is 11.3 Å². The minimum atomic E-state index is -4.58. The van der Waals surface area contributed by atoms with E-state index in [-0.39, 0.29) is 5.69 Å². The van der Waals surface area contributed by atoms with E-state index in [0.29, 0.717) is 32.5 Å². The predicted octanol–water partition coefficient (Wildman–Crippen LogP) is 5.76. The van der Waals surface area contributed by atoms with Gasteiger partial charge in [0.25, 0.3) is 0 Å². The van der Waals surface area contributed by atoms with Gasteiger partial charge in [-0.1, -0.05) is 23.2 Å². The highest BCUT2D eigenvalue weighted by Crippen LogP contribution is 2.36. The van der Waals surface area contributed by atoms with Crippen LogP contribution in [-0.2, 0) is 6.18 Å². The number of rotatable bonds is 2. The second-order valence-electron chi connectivity index (χ2n) is 5.48. The first kappa shape index (κ1) is 17.6. The van der Waals surface area contributed by atoms with Crippen LogP contribution in [0.3, 0.4) is 0 Å². The van der Waals surface area contributed by atoms with Crippen molar-refractivity contribution in [1.29, 1.82) is 0 Å². The standard InChI is InChI=1S/C17H12Cl2F3N3/c1-9-13(18)6-10(7-14(9)19)15-8-16(17(20,21)22)24-25(15)12-4-2-11(23)3-5-12/h2-8H,23H2,1H3. The average Bonchev–Trinajstić information content (AvgIpc) is 2.98. The summed E-state index contributed by atoms with van der Waals surface area (Å²) < 4.78 is 40.6. The fourth-order valence-electron chi connectivity index (χ4n) is 2.33. The molecule has 0 atom stereocenters.